The molecular formula is C17H16N2O2. The van der Waals surface area contributed by atoms with Crippen LogP contribution in [0.15, 0.2) is 41.5 Å². The van der Waals surface area contributed by atoms with Gasteiger partial charge in [-0.25, -0.2) is 4.79 Å². The van der Waals surface area contributed by atoms with E-state index in [-0.39, 0.29) is 5.97 Å². The van der Waals surface area contributed by atoms with E-state index in [0.29, 0.717) is 18.7 Å². The van der Waals surface area contributed by atoms with Crippen LogP contribution in [0.5, 0.6) is 0 Å². The molecule has 1 aliphatic rings. The van der Waals surface area contributed by atoms with Crippen molar-refractivity contribution in [1.82, 2.24) is 4.98 Å². The lowest BCUT2D eigenvalue weighted by atomic mass is 10.0. The van der Waals surface area contributed by atoms with E-state index >= 15 is 0 Å². The summed E-state index contributed by atoms with van der Waals surface area (Å²) in [7, 11) is 0. The zero-order valence-corrected chi connectivity index (χ0v) is 12.1. The molecule has 4 heteroatoms. The van der Waals surface area contributed by atoms with E-state index in [1.165, 1.54) is 0 Å². The monoisotopic (exact) mass is 280 g/mol. The predicted molar refractivity (Wildman–Crippen MR) is 81.5 cm³/mol. The summed E-state index contributed by atoms with van der Waals surface area (Å²) in [4.78, 5) is 20.7. The lowest BCUT2D eigenvalue weighted by molar-refractivity contribution is 0.0526. The van der Waals surface area contributed by atoms with Gasteiger partial charge in [0.15, 0.2) is 0 Å². The maximum Gasteiger partial charge on any atom is 0.338 e. The number of benzene rings is 1. The summed E-state index contributed by atoms with van der Waals surface area (Å²) < 4.78 is 5.04. The van der Waals surface area contributed by atoms with Crippen LogP contribution in [0.25, 0.3) is 11.1 Å². The third kappa shape index (κ3) is 2.57. The van der Waals surface area contributed by atoms with Gasteiger partial charge in [0.1, 0.15) is 0 Å². The maximum atomic E-state index is 11.8. The average Bonchev–Trinajstić information content (AvgIpc) is 2.89. The van der Waals surface area contributed by atoms with Gasteiger partial charge in [0, 0.05) is 23.0 Å². The van der Waals surface area contributed by atoms with Crippen LogP contribution >= 0.6 is 0 Å². The van der Waals surface area contributed by atoms with E-state index in [1.807, 2.05) is 31.3 Å². The molecule has 2 heterocycles. The fraction of sp³-hybridized carbons (Fsp3) is 0.235. The van der Waals surface area contributed by atoms with E-state index in [9.17, 15) is 4.79 Å². The number of carbonyl (C=O) groups is 1. The van der Waals surface area contributed by atoms with Gasteiger partial charge in [-0.1, -0.05) is 12.1 Å². The van der Waals surface area contributed by atoms with Crippen molar-refractivity contribution in [3.05, 3.63) is 53.3 Å². The number of carbonyl (C=O) groups excluding carboxylic acids is 1. The van der Waals surface area contributed by atoms with E-state index in [4.69, 9.17) is 4.74 Å². The number of fused-ring (bicyclic) bond motifs is 1. The minimum Gasteiger partial charge on any atom is -0.462 e. The Labute approximate surface area is 123 Å². The van der Waals surface area contributed by atoms with Gasteiger partial charge in [0.25, 0.3) is 0 Å². The molecule has 2 aromatic rings. The number of rotatable bonds is 3. The Morgan fingerprint density at radius 1 is 1.29 bits per heavy atom. The summed E-state index contributed by atoms with van der Waals surface area (Å²) in [5.74, 6) is -0.300. The standard InChI is InChI=1S/C17H16N2O2/c1-3-21-17(20)13-6-4-5-12(7-13)14-8-15-11(2)18-10-16(15)19-9-14/h4-9H,3,10H2,1-2H3. The quantitative estimate of drug-likeness (QED) is 0.811. The molecule has 0 aliphatic carbocycles. The number of aliphatic imine (C=N–C) groups is 1. The number of aromatic nitrogens is 1. The lowest BCUT2D eigenvalue weighted by Crippen LogP contribution is -2.04. The third-order valence-corrected chi connectivity index (χ3v) is 3.53. The van der Waals surface area contributed by atoms with Gasteiger partial charge in [-0.15, -0.1) is 0 Å². The van der Waals surface area contributed by atoms with Crippen molar-refractivity contribution in [3.8, 4) is 11.1 Å². The smallest absolute Gasteiger partial charge is 0.338 e. The van der Waals surface area contributed by atoms with Crippen molar-refractivity contribution < 1.29 is 9.53 Å². The summed E-state index contributed by atoms with van der Waals surface area (Å²) >= 11 is 0. The second-order valence-corrected chi connectivity index (χ2v) is 4.92. The van der Waals surface area contributed by atoms with Crippen LogP contribution in [0, 0.1) is 0 Å². The zero-order valence-electron chi connectivity index (χ0n) is 12.1. The third-order valence-electron chi connectivity index (χ3n) is 3.53. The number of esters is 1. The topological polar surface area (TPSA) is 51.5 Å². The maximum absolute atomic E-state index is 11.8. The minimum atomic E-state index is -0.300. The predicted octanol–water partition coefficient (Wildman–Crippen LogP) is 3.25. The number of ether oxygens (including phenoxy) is 1. The molecule has 0 spiro atoms. The summed E-state index contributed by atoms with van der Waals surface area (Å²) in [6.45, 7) is 4.82. The van der Waals surface area contributed by atoms with E-state index in [2.05, 4.69) is 16.0 Å². The highest BCUT2D eigenvalue weighted by molar-refractivity contribution is 6.02. The molecule has 1 aromatic heterocycles. The molecule has 0 amide bonds. The Morgan fingerprint density at radius 2 is 2.14 bits per heavy atom. The van der Waals surface area contributed by atoms with Crippen molar-refractivity contribution in [2.24, 2.45) is 4.99 Å². The molecule has 0 saturated heterocycles. The van der Waals surface area contributed by atoms with Crippen molar-refractivity contribution in [2.45, 2.75) is 20.4 Å². The Morgan fingerprint density at radius 3 is 2.95 bits per heavy atom. The number of hydrogen-bond donors (Lipinski definition) is 0. The Balaban J connectivity index is 1.98. The Kier molecular flexibility index (Phi) is 3.52. The molecule has 106 valence electrons. The Hall–Kier alpha value is -2.49. The first-order valence-corrected chi connectivity index (χ1v) is 6.97. The molecule has 0 N–H and O–H groups in total. The summed E-state index contributed by atoms with van der Waals surface area (Å²) in [5, 5.41) is 0. The van der Waals surface area contributed by atoms with Crippen molar-refractivity contribution in [2.75, 3.05) is 6.61 Å². The van der Waals surface area contributed by atoms with Gasteiger partial charge in [-0.2, -0.15) is 0 Å². The first kappa shape index (κ1) is 13.5. The first-order chi connectivity index (χ1) is 10.2. The number of hydrogen-bond acceptors (Lipinski definition) is 4. The van der Waals surface area contributed by atoms with Gasteiger partial charge in [-0.05, 0) is 37.6 Å². The minimum absolute atomic E-state index is 0.300. The van der Waals surface area contributed by atoms with Gasteiger partial charge < -0.3 is 4.74 Å². The molecule has 0 atom stereocenters. The zero-order chi connectivity index (χ0) is 14.8. The number of pyridine rings is 1. The first-order valence-electron chi connectivity index (χ1n) is 6.97. The van der Waals surface area contributed by atoms with Crippen LogP contribution in [0.3, 0.4) is 0 Å². The van der Waals surface area contributed by atoms with E-state index < -0.39 is 0 Å². The number of nitrogens with zero attached hydrogens (tertiary/aromatic N) is 2. The normalized spacial score (nSPS) is 12.8. The molecule has 0 unspecified atom stereocenters. The molecular weight excluding hydrogens is 264 g/mol. The molecule has 0 radical (unpaired) electrons. The molecule has 3 rings (SSSR count). The largest absolute Gasteiger partial charge is 0.462 e. The van der Waals surface area contributed by atoms with Gasteiger partial charge in [0.2, 0.25) is 0 Å². The van der Waals surface area contributed by atoms with Crippen LogP contribution in [-0.4, -0.2) is 23.3 Å². The van der Waals surface area contributed by atoms with Crippen LogP contribution in [0.2, 0.25) is 0 Å². The van der Waals surface area contributed by atoms with E-state index in [0.717, 1.165) is 28.1 Å². The fourth-order valence-electron chi connectivity index (χ4n) is 2.41. The molecule has 21 heavy (non-hydrogen) atoms. The highest BCUT2D eigenvalue weighted by Gasteiger charge is 2.15. The molecule has 1 aromatic carbocycles. The van der Waals surface area contributed by atoms with Gasteiger partial charge >= 0.3 is 5.97 Å². The fourth-order valence-corrected chi connectivity index (χ4v) is 2.41. The van der Waals surface area contributed by atoms with Crippen LogP contribution in [-0.2, 0) is 11.3 Å². The van der Waals surface area contributed by atoms with Crippen molar-refractivity contribution >= 4 is 11.7 Å². The SMILES string of the molecule is CCOC(=O)c1cccc(-c2cnc3c(c2)C(C)=NC3)c1. The highest BCUT2D eigenvalue weighted by atomic mass is 16.5. The molecule has 0 saturated carbocycles. The summed E-state index contributed by atoms with van der Waals surface area (Å²) in [5.41, 5.74) is 5.61. The molecule has 1 aliphatic heterocycles. The second-order valence-electron chi connectivity index (χ2n) is 4.92. The Bertz CT molecular complexity index is 735. The summed E-state index contributed by atoms with van der Waals surface area (Å²) in [6.07, 6.45) is 1.83. The van der Waals surface area contributed by atoms with Crippen LogP contribution < -0.4 is 0 Å². The van der Waals surface area contributed by atoms with Crippen LogP contribution in [0.1, 0.15) is 35.5 Å². The average molecular weight is 280 g/mol. The molecule has 0 fully saturated rings. The second kappa shape index (κ2) is 5.48. The van der Waals surface area contributed by atoms with Crippen LogP contribution in [0.4, 0.5) is 0 Å². The van der Waals surface area contributed by atoms with Crippen molar-refractivity contribution in [1.29, 1.82) is 0 Å². The highest BCUT2D eigenvalue weighted by Crippen LogP contribution is 2.25. The molecule has 4 nitrogen and oxygen atoms in total. The van der Waals surface area contributed by atoms with Crippen molar-refractivity contribution in [3.63, 3.8) is 0 Å². The molecule has 0 bridgehead atoms. The lowest BCUT2D eigenvalue weighted by Gasteiger charge is -2.07. The summed E-state index contributed by atoms with van der Waals surface area (Å²) in [6, 6.07) is 9.50. The van der Waals surface area contributed by atoms with Gasteiger partial charge in [0.05, 0.1) is 24.4 Å². The van der Waals surface area contributed by atoms with E-state index in [1.54, 1.807) is 13.0 Å². The van der Waals surface area contributed by atoms with Gasteiger partial charge in [-0.3, -0.25) is 9.98 Å².